The fourth-order valence-corrected chi connectivity index (χ4v) is 1.92. The normalized spacial score (nSPS) is 11.2. The number of pyridine rings is 1. The summed E-state index contributed by atoms with van der Waals surface area (Å²) in [5, 5.41) is 3.33. The van der Waals surface area contributed by atoms with Crippen LogP contribution in [0.1, 0.15) is 36.8 Å². The van der Waals surface area contributed by atoms with Crippen LogP contribution in [0.4, 0.5) is 5.69 Å². The van der Waals surface area contributed by atoms with E-state index in [0.717, 1.165) is 5.69 Å². The molecule has 1 aromatic carbocycles. The van der Waals surface area contributed by atoms with Crippen LogP contribution >= 0.6 is 11.6 Å². The fraction of sp³-hybridized carbons (Fsp3) is 0.250. The molecule has 2 rings (SSSR count). The number of rotatable bonds is 2. The largest absolute Gasteiger partial charge is 0.321 e. The van der Waals surface area contributed by atoms with Gasteiger partial charge in [-0.1, -0.05) is 44.5 Å². The molecule has 3 nitrogen and oxygen atoms in total. The summed E-state index contributed by atoms with van der Waals surface area (Å²) in [4.78, 5) is 16.6. The number of amides is 1. The summed E-state index contributed by atoms with van der Waals surface area (Å²) in [6, 6.07) is 10.7. The third-order valence-electron chi connectivity index (χ3n) is 2.91. The zero-order chi connectivity index (χ0) is 14.8. The van der Waals surface area contributed by atoms with Gasteiger partial charge in [-0.2, -0.15) is 0 Å². The van der Waals surface area contributed by atoms with Crippen LogP contribution in [0.3, 0.4) is 0 Å². The monoisotopic (exact) mass is 288 g/mol. The van der Waals surface area contributed by atoms with Gasteiger partial charge in [0.1, 0.15) is 0 Å². The molecule has 0 spiro atoms. The average molecular weight is 289 g/mol. The van der Waals surface area contributed by atoms with E-state index in [1.807, 2.05) is 18.2 Å². The topological polar surface area (TPSA) is 42.0 Å². The van der Waals surface area contributed by atoms with Gasteiger partial charge in [-0.15, -0.1) is 0 Å². The Labute approximate surface area is 124 Å². The number of nitrogens with one attached hydrogen (secondary N) is 1. The number of hydrogen-bond donors (Lipinski definition) is 1. The first-order valence-corrected chi connectivity index (χ1v) is 6.78. The highest BCUT2D eigenvalue weighted by Gasteiger charge is 2.17. The molecule has 0 atom stereocenters. The molecule has 1 N–H and O–H groups in total. The molecule has 0 aliphatic carbocycles. The van der Waals surface area contributed by atoms with Gasteiger partial charge in [-0.05, 0) is 24.3 Å². The minimum absolute atomic E-state index is 0.0965. The van der Waals surface area contributed by atoms with E-state index < -0.39 is 0 Å². The van der Waals surface area contributed by atoms with Crippen molar-refractivity contribution in [1.29, 1.82) is 0 Å². The lowest BCUT2D eigenvalue weighted by atomic mass is 9.91. The van der Waals surface area contributed by atoms with Crippen LogP contribution in [0.15, 0.2) is 42.6 Å². The number of para-hydroxylation sites is 1. The van der Waals surface area contributed by atoms with Gasteiger partial charge in [-0.25, -0.2) is 0 Å². The van der Waals surface area contributed by atoms with Gasteiger partial charge in [-0.3, -0.25) is 9.78 Å². The van der Waals surface area contributed by atoms with Gasteiger partial charge >= 0.3 is 0 Å². The molecule has 0 fully saturated rings. The third-order valence-corrected chi connectivity index (χ3v) is 3.24. The Hall–Kier alpha value is -1.87. The highest BCUT2D eigenvalue weighted by molar-refractivity contribution is 6.33. The highest BCUT2D eigenvalue weighted by atomic mass is 35.5. The molecule has 0 unspecified atom stereocenters. The number of carbonyl (C=O) groups is 1. The molecule has 2 aromatic rings. The molecule has 0 saturated heterocycles. The Kier molecular flexibility index (Phi) is 4.09. The number of anilines is 1. The third kappa shape index (κ3) is 3.36. The van der Waals surface area contributed by atoms with Gasteiger partial charge in [0.05, 0.1) is 10.7 Å². The summed E-state index contributed by atoms with van der Waals surface area (Å²) in [7, 11) is 0. The van der Waals surface area contributed by atoms with Crippen LogP contribution in [0.2, 0.25) is 5.02 Å². The van der Waals surface area contributed by atoms with Gasteiger partial charge in [0.25, 0.3) is 5.91 Å². The number of carbonyl (C=O) groups excluding carboxylic acids is 1. The van der Waals surface area contributed by atoms with E-state index in [4.69, 9.17) is 11.6 Å². The number of halogens is 1. The van der Waals surface area contributed by atoms with Crippen molar-refractivity contribution in [3.8, 4) is 0 Å². The SMILES string of the molecule is CC(C)(C)c1cc(C(=O)Nc2ccccc2Cl)ccn1. The van der Waals surface area contributed by atoms with Crippen LogP contribution in [0.25, 0.3) is 0 Å². The lowest BCUT2D eigenvalue weighted by Crippen LogP contribution is -2.17. The molecule has 0 aliphatic heterocycles. The maximum absolute atomic E-state index is 12.2. The van der Waals surface area contributed by atoms with Gasteiger partial charge < -0.3 is 5.32 Å². The number of aromatic nitrogens is 1. The molecule has 0 aliphatic rings. The number of benzene rings is 1. The van der Waals surface area contributed by atoms with Crippen molar-refractivity contribution in [1.82, 2.24) is 4.98 Å². The Morgan fingerprint density at radius 3 is 2.55 bits per heavy atom. The second-order valence-electron chi connectivity index (χ2n) is 5.61. The Morgan fingerprint density at radius 2 is 1.90 bits per heavy atom. The zero-order valence-electron chi connectivity index (χ0n) is 11.8. The predicted octanol–water partition coefficient (Wildman–Crippen LogP) is 4.28. The van der Waals surface area contributed by atoms with Crippen molar-refractivity contribution < 1.29 is 4.79 Å². The first kappa shape index (κ1) is 14.5. The lowest BCUT2D eigenvalue weighted by Gasteiger charge is -2.18. The predicted molar refractivity (Wildman–Crippen MR) is 82.3 cm³/mol. The summed E-state index contributed by atoms with van der Waals surface area (Å²) in [6.45, 7) is 6.18. The Morgan fingerprint density at radius 1 is 1.20 bits per heavy atom. The van der Waals surface area contributed by atoms with Crippen molar-refractivity contribution in [2.45, 2.75) is 26.2 Å². The number of nitrogens with zero attached hydrogens (tertiary/aromatic N) is 1. The van der Waals surface area contributed by atoms with E-state index in [1.54, 1.807) is 24.4 Å². The van der Waals surface area contributed by atoms with Crippen molar-refractivity contribution in [3.05, 3.63) is 58.9 Å². The van der Waals surface area contributed by atoms with E-state index in [1.165, 1.54) is 0 Å². The molecule has 1 amide bonds. The first-order valence-electron chi connectivity index (χ1n) is 6.40. The molecular weight excluding hydrogens is 272 g/mol. The molecule has 1 heterocycles. The maximum Gasteiger partial charge on any atom is 0.255 e. The van der Waals surface area contributed by atoms with Crippen molar-refractivity contribution in [2.24, 2.45) is 0 Å². The van der Waals surface area contributed by atoms with Crippen LogP contribution in [0, 0.1) is 0 Å². The van der Waals surface area contributed by atoms with Crippen LogP contribution in [-0.4, -0.2) is 10.9 Å². The summed E-state index contributed by atoms with van der Waals surface area (Å²) < 4.78 is 0. The number of hydrogen-bond acceptors (Lipinski definition) is 2. The van der Waals surface area contributed by atoms with E-state index in [-0.39, 0.29) is 11.3 Å². The average Bonchev–Trinajstić information content (AvgIpc) is 2.40. The molecule has 104 valence electrons. The van der Waals surface area contributed by atoms with Crippen molar-refractivity contribution >= 4 is 23.2 Å². The smallest absolute Gasteiger partial charge is 0.255 e. The summed E-state index contributed by atoms with van der Waals surface area (Å²) in [5.41, 5.74) is 1.96. The van der Waals surface area contributed by atoms with Crippen LogP contribution in [-0.2, 0) is 5.41 Å². The van der Waals surface area contributed by atoms with Gasteiger partial charge in [0, 0.05) is 22.9 Å². The first-order chi connectivity index (χ1) is 9.38. The second kappa shape index (κ2) is 5.63. The van der Waals surface area contributed by atoms with E-state index in [2.05, 4.69) is 31.1 Å². The summed E-state index contributed by atoms with van der Waals surface area (Å²) in [6.07, 6.45) is 1.65. The Bertz CT molecular complexity index is 632. The highest BCUT2D eigenvalue weighted by Crippen LogP contribution is 2.23. The van der Waals surface area contributed by atoms with E-state index >= 15 is 0 Å². The maximum atomic E-state index is 12.2. The molecule has 0 saturated carbocycles. The second-order valence-corrected chi connectivity index (χ2v) is 6.02. The van der Waals surface area contributed by atoms with Crippen molar-refractivity contribution in [2.75, 3.05) is 5.32 Å². The fourth-order valence-electron chi connectivity index (χ4n) is 1.74. The molecule has 1 aromatic heterocycles. The van der Waals surface area contributed by atoms with Gasteiger partial charge in [0.2, 0.25) is 0 Å². The summed E-state index contributed by atoms with van der Waals surface area (Å²) >= 11 is 6.03. The molecule has 20 heavy (non-hydrogen) atoms. The molecule has 0 radical (unpaired) electrons. The van der Waals surface area contributed by atoms with Gasteiger partial charge in [0.15, 0.2) is 0 Å². The molecular formula is C16H17ClN2O. The summed E-state index contributed by atoms with van der Waals surface area (Å²) in [5.74, 6) is -0.189. The standard InChI is InChI=1S/C16H17ClN2O/c1-16(2,3)14-10-11(8-9-18-14)15(20)19-13-7-5-4-6-12(13)17/h4-10H,1-3H3,(H,19,20). The minimum atomic E-state index is -0.189. The van der Waals surface area contributed by atoms with E-state index in [9.17, 15) is 4.79 Å². The molecule has 4 heteroatoms. The molecule has 0 bridgehead atoms. The van der Waals surface area contributed by atoms with Crippen molar-refractivity contribution in [3.63, 3.8) is 0 Å². The van der Waals surface area contributed by atoms with E-state index in [0.29, 0.717) is 16.3 Å². The zero-order valence-corrected chi connectivity index (χ0v) is 12.5. The minimum Gasteiger partial charge on any atom is -0.321 e. The van der Waals surface area contributed by atoms with Crippen LogP contribution < -0.4 is 5.32 Å². The Balaban J connectivity index is 2.24. The lowest BCUT2D eigenvalue weighted by molar-refractivity contribution is 0.102. The van der Waals surface area contributed by atoms with Crippen LogP contribution in [0.5, 0.6) is 0 Å². The quantitative estimate of drug-likeness (QED) is 0.896.